The maximum atomic E-state index is 11.9. The van der Waals surface area contributed by atoms with Crippen molar-refractivity contribution < 1.29 is 19.4 Å². The molecule has 5 rings (SSSR count). The predicted octanol–water partition coefficient (Wildman–Crippen LogP) is 3.36. The number of nitriles is 1. The van der Waals surface area contributed by atoms with Crippen LogP contribution in [0.1, 0.15) is 48.8 Å². The molecule has 1 amide bonds. The lowest BCUT2D eigenvalue weighted by Crippen LogP contribution is -2.32. The highest BCUT2D eigenvalue weighted by atomic mass is 32.1. The minimum atomic E-state index is -1.08. The van der Waals surface area contributed by atoms with Gasteiger partial charge in [-0.1, -0.05) is 24.3 Å². The van der Waals surface area contributed by atoms with Crippen molar-refractivity contribution >= 4 is 34.2 Å². The molecule has 0 saturated carbocycles. The van der Waals surface area contributed by atoms with Crippen molar-refractivity contribution in [2.75, 3.05) is 23.8 Å². The van der Waals surface area contributed by atoms with Gasteiger partial charge >= 0.3 is 5.97 Å². The van der Waals surface area contributed by atoms with E-state index in [9.17, 15) is 20.0 Å². The molecular weight excluding hydrogens is 518 g/mol. The number of carboxylic acid groups (broad SMARTS) is 1. The number of aromatic carboxylic acids is 1. The smallest absolute Gasteiger partial charge is 0.355 e. The van der Waals surface area contributed by atoms with Crippen molar-refractivity contribution in [3.8, 4) is 23.1 Å². The number of hydrogen-bond acceptors (Lipinski definition) is 9. The molecule has 0 saturated heterocycles. The zero-order chi connectivity index (χ0) is 27.5. The van der Waals surface area contributed by atoms with E-state index in [1.165, 1.54) is 11.3 Å². The average Bonchev–Trinajstić information content (AvgIpc) is 3.54. The second-order valence-electron chi connectivity index (χ2n) is 9.00. The normalized spacial score (nSPS) is 12.5. The van der Waals surface area contributed by atoms with Gasteiger partial charge in [0.2, 0.25) is 5.91 Å². The second-order valence-corrected chi connectivity index (χ2v) is 10.1. The molecule has 3 heterocycles. The monoisotopic (exact) mass is 543 g/mol. The Balaban J connectivity index is 1.25. The average molecular weight is 544 g/mol. The number of nitrogens with two attached hydrogens (primary N) is 2. The largest absolute Gasteiger partial charge is 0.494 e. The van der Waals surface area contributed by atoms with E-state index in [0.717, 1.165) is 16.7 Å². The summed E-state index contributed by atoms with van der Waals surface area (Å²) in [6.07, 6.45) is 1.76. The van der Waals surface area contributed by atoms with Gasteiger partial charge in [0, 0.05) is 29.1 Å². The lowest BCUT2D eigenvalue weighted by molar-refractivity contribution is 0.0690. The van der Waals surface area contributed by atoms with Gasteiger partial charge in [-0.15, -0.1) is 11.3 Å². The highest BCUT2D eigenvalue weighted by molar-refractivity contribution is 7.15. The SMILES string of the molecule is N#Cc1c(N)n[nH]c1-c1cccc(OCCCc2sc(N3CCc4cccc(C(N)=O)c4C3)nc2C(=O)O)c1. The molecule has 11 nitrogen and oxygen atoms in total. The van der Waals surface area contributed by atoms with Crippen LogP contribution in [0.4, 0.5) is 10.9 Å². The molecule has 198 valence electrons. The number of aromatic amines is 1. The summed E-state index contributed by atoms with van der Waals surface area (Å²) in [6, 6.07) is 14.8. The Bertz CT molecular complexity index is 1600. The number of thiazole rings is 1. The first-order chi connectivity index (χ1) is 18.9. The molecule has 0 bridgehead atoms. The molecule has 1 aliphatic rings. The van der Waals surface area contributed by atoms with Crippen LogP contribution in [-0.4, -0.2) is 45.3 Å². The van der Waals surface area contributed by atoms with Gasteiger partial charge in [0.05, 0.1) is 12.3 Å². The fourth-order valence-corrected chi connectivity index (χ4v) is 5.75. The number of carbonyl (C=O) groups is 2. The number of primary amides is 1. The van der Waals surface area contributed by atoms with Gasteiger partial charge in [0.25, 0.3) is 0 Å². The Labute approximate surface area is 227 Å². The van der Waals surface area contributed by atoms with Crippen molar-refractivity contribution in [3.63, 3.8) is 0 Å². The predicted molar refractivity (Wildman–Crippen MR) is 146 cm³/mol. The topological polar surface area (TPSA) is 184 Å². The third kappa shape index (κ3) is 5.25. The first-order valence-corrected chi connectivity index (χ1v) is 13.0. The number of nitrogens with zero attached hydrogens (tertiary/aromatic N) is 4. The van der Waals surface area contributed by atoms with E-state index in [-0.39, 0.29) is 17.1 Å². The van der Waals surface area contributed by atoms with Gasteiger partial charge in [0.15, 0.2) is 16.6 Å². The summed E-state index contributed by atoms with van der Waals surface area (Å²) in [5.41, 5.74) is 15.3. The highest BCUT2D eigenvalue weighted by Crippen LogP contribution is 2.33. The number of ether oxygens (including phenoxy) is 1. The maximum absolute atomic E-state index is 11.9. The van der Waals surface area contributed by atoms with Crippen LogP contribution in [-0.2, 0) is 19.4 Å². The van der Waals surface area contributed by atoms with E-state index in [1.807, 2.05) is 29.2 Å². The number of hydrogen-bond donors (Lipinski definition) is 4. The van der Waals surface area contributed by atoms with E-state index in [2.05, 4.69) is 15.2 Å². The maximum Gasteiger partial charge on any atom is 0.355 e. The van der Waals surface area contributed by atoms with Gasteiger partial charge in [-0.2, -0.15) is 10.4 Å². The van der Waals surface area contributed by atoms with Crippen molar-refractivity contribution in [2.45, 2.75) is 25.8 Å². The van der Waals surface area contributed by atoms with Crippen LogP contribution < -0.4 is 21.1 Å². The Morgan fingerprint density at radius 1 is 1.26 bits per heavy atom. The molecule has 0 fully saturated rings. The number of aromatic nitrogens is 3. The van der Waals surface area contributed by atoms with Crippen molar-refractivity contribution in [3.05, 3.63) is 75.3 Å². The van der Waals surface area contributed by atoms with Gasteiger partial charge in [-0.25, -0.2) is 9.78 Å². The lowest BCUT2D eigenvalue weighted by atomic mass is 9.95. The van der Waals surface area contributed by atoms with Crippen LogP contribution in [0.25, 0.3) is 11.3 Å². The zero-order valence-electron chi connectivity index (χ0n) is 20.8. The number of benzene rings is 2. The molecule has 0 atom stereocenters. The summed E-state index contributed by atoms with van der Waals surface area (Å²) >= 11 is 1.34. The number of fused-ring (bicyclic) bond motifs is 1. The Kier molecular flexibility index (Phi) is 7.16. The quantitative estimate of drug-likeness (QED) is 0.230. The number of H-pyrrole nitrogens is 1. The van der Waals surface area contributed by atoms with E-state index < -0.39 is 11.9 Å². The number of amides is 1. The summed E-state index contributed by atoms with van der Waals surface area (Å²) in [4.78, 5) is 30.9. The van der Waals surface area contributed by atoms with Crippen LogP contribution in [0.2, 0.25) is 0 Å². The number of anilines is 2. The molecule has 2 aromatic carbocycles. The first-order valence-electron chi connectivity index (χ1n) is 12.2. The summed E-state index contributed by atoms with van der Waals surface area (Å²) in [5.74, 6) is -0.822. The van der Waals surface area contributed by atoms with Crippen LogP contribution in [0.5, 0.6) is 5.75 Å². The summed E-state index contributed by atoms with van der Waals surface area (Å²) in [7, 11) is 0. The molecular formula is C27H25N7O4S. The summed E-state index contributed by atoms with van der Waals surface area (Å²) in [6.45, 7) is 1.45. The van der Waals surface area contributed by atoms with Crippen LogP contribution in [0.15, 0.2) is 42.5 Å². The molecule has 0 unspecified atom stereocenters. The molecule has 2 aromatic heterocycles. The third-order valence-corrected chi connectivity index (χ3v) is 7.72. The molecule has 4 aromatic rings. The van der Waals surface area contributed by atoms with E-state index >= 15 is 0 Å². The van der Waals surface area contributed by atoms with Crippen LogP contribution >= 0.6 is 11.3 Å². The molecule has 0 aliphatic carbocycles. The van der Waals surface area contributed by atoms with Crippen molar-refractivity contribution in [1.82, 2.24) is 15.2 Å². The number of aryl methyl sites for hydroxylation is 1. The van der Waals surface area contributed by atoms with Crippen molar-refractivity contribution in [2.24, 2.45) is 5.73 Å². The Morgan fingerprint density at radius 2 is 2.08 bits per heavy atom. The van der Waals surface area contributed by atoms with Gasteiger partial charge < -0.3 is 26.2 Å². The minimum absolute atomic E-state index is 0.0341. The first kappa shape index (κ1) is 25.7. The number of carbonyl (C=O) groups excluding carboxylic acids is 1. The number of nitrogen functional groups attached to an aromatic ring is 1. The standard InChI is InChI=1S/C27H25N7O4S/c28-13-19-22(32-33-24(19)29)16-5-1-6-17(12-16)38-11-3-8-21-23(26(36)37)31-27(39-21)34-10-9-15-4-2-7-18(25(30)35)20(15)14-34/h1-2,4-7,12H,3,8-11,14H2,(H2,30,35)(H,36,37)(H3,29,32,33). The molecule has 39 heavy (non-hydrogen) atoms. The highest BCUT2D eigenvalue weighted by Gasteiger charge is 2.26. The Morgan fingerprint density at radius 3 is 2.85 bits per heavy atom. The molecule has 1 aliphatic heterocycles. The second kappa shape index (κ2) is 10.8. The van der Waals surface area contributed by atoms with Crippen molar-refractivity contribution in [1.29, 1.82) is 5.26 Å². The number of rotatable bonds is 9. The van der Waals surface area contributed by atoms with Gasteiger partial charge in [-0.3, -0.25) is 9.89 Å². The zero-order valence-corrected chi connectivity index (χ0v) is 21.6. The molecule has 12 heteroatoms. The van der Waals surface area contributed by atoms with Crippen LogP contribution in [0, 0.1) is 11.3 Å². The lowest BCUT2D eigenvalue weighted by Gasteiger charge is -2.29. The molecule has 6 N–H and O–H groups in total. The van der Waals surface area contributed by atoms with Gasteiger partial charge in [0.1, 0.15) is 17.4 Å². The fraction of sp³-hybridized carbons (Fsp3) is 0.222. The van der Waals surface area contributed by atoms with Crippen LogP contribution in [0.3, 0.4) is 0 Å². The van der Waals surface area contributed by atoms with Gasteiger partial charge in [-0.05, 0) is 48.6 Å². The van der Waals surface area contributed by atoms with E-state index in [4.69, 9.17) is 16.2 Å². The third-order valence-electron chi connectivity index (χ3n) is 6.54. The summed E-state index contributed by atoms with van der Waals surface area (Å²) in [5, 5.41) is 26.4. The van der Waals surface area contributed by atoms with E-state index in [0.29, 0.717) is 66.0 Å². The Hall–Kier alpha value is -4.89. The molecule has 0 spiro atoms. The molecule has 0 radical (unpaired) electrons. The number of carboxylic acids is 1. The van der Waals surface area contributed by atoms with E-state index in [1.54, 1.807) is 24.3 Å². The summed E-state index contributed by atoms with van der Waals surface area (Å²) < 4.78 is 5.90. The minimum Gasteiger partial charge on any atom is -0.494 e. The number of nitrogens with one attached hydrogen (secondary N) is 1. The fourth-order valence-electron chi connectivity index (χ4n) is 4.63.